The summed E-state index contributed by atoms with van der Waals surface area (Å²) in [6.07, 6.45) is 5.02. The predicted molar refractivity (Wildman–Crippen MR) is 129 cm³/mol. The van der Waals surface area contributed by atoms with Gasteiger partial charge in [-0.2, -0.15) is 5.10 Å². The number of ether oxygens (including phenoxy) is 1. The van der Waals surface area contributed by atoms with Crippen molar-refractivity contribution >= 4 is 10.9 Å². The van der Waals surface area contributed by atoms with E-state index in [1.807, 2.05) is 66.9 Å². The van der Waals surface area contributed by atoms with E-state index in [1.165, 1.54) is 0 Å². The predicted octanol–water partition coefficient (Wildman–Crippen LogP) is 5.12. The Morgan fingerprint density at radius 1 is 0.909 bits per heavy atom. The first-order valence-corrected chi connectivity index (χ1v) is 10.9. The molecule has 0 fully saturated rings. The second-order valence-corrected chi connectivity index (χ2v) is 8.01. The average molecular weight is 437 g/mol. The summed E-state index contributed by atoms with van der Waals surface area (Å²) in [5, 5.41) is 15.7. The van der Waals surface area contributed by atoms with E-state index >= 15 is 0 Å². The highest BCUT2D eigenvalue weighted by atomic mass is 16.5. The van der Waals surface area contributed by atoms with Gasteiger partial charge in [0.2, 0.25) is 0 Å². The zero-order valence-corrected chi connectivity index (χ0v) is 18.3. The quantitative estimate of drug-likeness (QED) is 0.383. The van der Waals surface area contributed by atoms with Crippen molar-refractivity contribution in [2.45, 2.75) is 26.2 Å². The number of fused-ring (bicyclic) bond motifs is 1. The van der Waals surface area contributed by atoms with Crippen LogP contribution < -0.4 is 4.74 Å². The summed E-state index contributed by atoms with van der Waals surface area (Å²) in [6, 6.07) is 23.9. The van der Waals surface area contributed by atoms with E-state index in [0.29, 0.717) is 13.2 Å². The second-order valence-electron chi connectivity index (χ2n) is 8.01. The van der Waals surface area contributed by atoms with Gasteiger partial charge in [-0.05, 0) is 61.0 Å². The van der Waals surface area contributed by atoms with Crippen LogP contribution in [0, 0.1) is 0 Å². The molecule has 6 heteroatoms. The average Bonchev–Trinajstić information content (AvgIpc) is 3.26. The number of aliphatic hydroxyl groups is 1. The normalized spacial score (nSPS) is 12.1. The van der Waals surface area contributed by atoms with Crippen LogP contribution in [-0.4, -0.2) is 31.0 Å². The van der Waals surface area contributed by atoms with Crippen LogP contribution in [0.1, 0.15) is 12.6 Å². The van der Waals surface area contributed by atoms with Crippen LogP contribution in [-0.2, 0) is 13.2 Å². The Labute approximate surface area is 192 Å². The third-order valence-electron chi connectivity index (χ3n) is 5.37. The molecule has 1 atom stereocenters. The minimum absolute atomic E-state index is 0.398. The topological polar surface area (TPSA) is 73.1 Å². The van der Waals surface area contributed by atoms with E-state index in [1.54, 1.807) is 24.0 Å². The van der Waals surface area contributed by atoms with Crippen molar-refractivity contribution in [1.29, 1.82) is 0 Å². The number of aromatic nitrogens is 4. The minimum atomic E-state index is -0.484. The van der Waals surface area contributed by atoms with Gasteiger partial charge in [-0.25, -0.2) is 4.98 Å². The highest BCUT2D eigenvalue weighted by Crippen LogP contribution is 2.32. The zero-order valence-electron chi connectivity index (χ0n) is 18.3. The number of nitrogens with zero attached hydrogens (tertiary/aromatic N) is 4. The van der Waals surface area contributed by atoms with Crippen LogP contribution in [0.15, 0.2) is 91.4 Å². The van der Waals surface area contributed by atoms with Crippen LogP contribution in [0.25, 0.3) is 33.3 Å². The first kappa shape index (κ1) is 20.8. The van der Waals surface area contributed by atoms with Crippen molar-refractivity contribution in [3.63, 3.8) is 0 Å². The number of para-hydroxylation sites is 1. The lowest BCUT2D eigenvalue weighted by molar-refractivity contribution is 0.168. The van der Waals surface area contributed by atoms with Gasteiger partial charge >= 0.3 is 0 Å². The van der Waals surface area contributed by atoms with Gasteiger partial charge in [-0.15, -0.1) is 0 Å². The second kappa shape index (κ2) is 9.22. The molecule has 33 heavy (non-hydrogen) atoms. The van der Waals surface area contributed by atoms with Gasteiger partial charge in [0.1, 0.15) is 18.1 Å². The number of rotatable bonds is 7. The van der Waals surface area contributed by atoms with Crippen molar-refractivity contribution in [3.8, 4) is 28.1 Å². The number of benzene rings is 2. The molecule has 3 heterocycles. The Hall–Kier alpha value is -4.03. The van der Waals surface area contributed by atoms with Crippen LogP contribution in [0.5, 0.6) is 5.75 Å². The molecule has 0 bridgehead atoms. The minimum Gasteiger partial charge on any atom is -0.487 e. The first-order chi connectivity index (χ1) is 16.2. The molecular weight excluding hydrogens is 412 g/mol. The molecule has 6 nitrogen and oxygen atoms in total. The molecule has 0 aliphatic carbocycles. The van der Waals surface area contributed by atoms with Gasteiger partial charge in [0, 0.05) is 35.1 Å². The Bertz CT molecular complexity index is 1360. The van der Waals surface area contributed by atoms with Gasteiger partial charge in [-0.3, -0.25) is 9.67 Å². The first-order valence-electron chi connectivity index (χ1n) is 10.9. The van der Waals surface area contributed by atoms with Crippen LogP contribution in [0.3, 0.4) is 0 Å². The molecule has 5 rings (SSSR count). The van der Waals surface area contributed by atoms with E-state index in [9.17, 15) is 5.11 Å². The van der Waals surface area contributed by atoms with Crippen LogP contribution in [0.2, 0.25) is 0 Å². The lowest BCUT2D eigenvalue weighted by Crippen LogP contribution is -2.11. The lowest BCUT2D eigenvalue weighted by Gasteiger charge is -2.08. The molecule has 164 valence electrons. The van der Waals surface area contributed by atoms with Crippen LogP contribution in [0.4, 0.5) is 0 Å². The summed E-state index contributed by atoms with van der Waals surface area (Å²) < 4.78 is 7.76. The summed E-state index contributed by atoms with van der Waals surface area (Å²) in [4.78, 5) is 8.78. The third kappa shape index (κ3) is 4.76. The van der Waals surface area contributed by atoms with E-state index < -0.39 is 6.10 Å². The molecule has 5 aromatic rings. The smallest absolute Gasteiger partial charge is 0.130 e. The molecule has 0 radical (unpaired) electrons. The van der Waals surface area contributed by atoms with Gasteiger partial charge in [0.15, 0.2) is 0 Å². The summed E-state index contributed by atoms with van der Waals surface area (Å²) in [5.41, 5.74) is 5.69. The SMILES string of the molecule is C[C@H](O)Cn1cc(-c2ccncc2)c(-c2ccc(OCc3ccc4ccccc4n3)cc2)n1. The Morgan fingerprint density at radius 2 is 1.70 bits per heavy atom. The molecule has 0 amide bonds. The van der Waals surface area contributed by atoms with Crippen molar-refractivity contribution < 1.29 is 9.84 Å². The molecule has 0 aliphatic rings. The fourth-order valence-electron chi connectivity index (χ4n) is 3.80. The van der Waals surface area contributed by atoms with Crippen LogP contribution >= 0.6 is 0 Å². The molecular formula is C27H24N4O2. The van der Waals surface area contributed by atoms with Crippen molar-refractivity contribution in [2.24, 2.45) is 0 Å². The lowest BCUT2D eigenvalue weighted by atomic mass is 10.0. The number of hydrogen-bond acceptors (Lipinski definition) is 5. The highest BCUT2D eigenvalue weighted by molar-refractivity contribution is 5.80. The Kier molecular flexibility index (Phi) is 5.83. The number of aliphatic hydroxyl groups excluding tert-OH is 1. The maximum Gasteiger partial charge on any atom is 0.130 e. The fourth-order valence-corrected chi connectivity index (χ4v) is 3.80. The monoisotopic (exact) mass is 436 g/mol. The van der Waals surface area contributed by atoms with E-state index in [4.69, 9.17) is 9.84 Å². The maximum absolute atomic E-state index is 9.80. The summed E-state index contributed by atoms with van der Waals surface area (Å²) in [7, 11) is 0. The molecule has 0 saturated carbocycles. The van der Waals surface area contributed by atoms with E-state index in [0.717, 1.165) is 44.7 Å². The molecule has 1 N–H and O–H groups in total. The fraction of sp³-hybridized carbons (Fsp3) is 0.148. The number of pyridine rings is 2. The zero-order chi connectivity index (χ0) is 22.6. The van der Waals surface area contributed by atoms with Gasteiger partial charge in [0.25, 0.3) is 0 Å². The largest absolute Gasteiger partial charge is 0.487 e. The van der Waals surface area contributed by atoms with Gasteiger partial charge in [-0.1, -0.05) is 24.3 Å². The van der Waals surface area contributed by atoms with Gasteiger partial charge in [0.05, 0.1) is 23.9 Å². The van der Waals surface area contributed by atoms with Crippen molar-refractivity contribution in [2.75, 3.05) is 0 Å². The Morgan fingerprint density at radius 3 is 2.48 bits per heavy atom. The van der Waals surface area contributed by atoms with Crippen molar-refractivity contribution in [3.05, 3.63) is 97.1 Å². The van der Waals surface area contributed by atoms with E-state index in [-0.39, 0.29) is 0 Å². The van der Waals surface area contributed by atoms with E-state index in [2.05, 4.69) is 22.1 Å². The highest BCUT2D eigenvalue weighted by Gasteiger charge is 2.14. The molecule has 0 saturated heterocycles. The summed E-state index contributed by atoms with van der Waals surface area (Å²) in [5.74, 6) is 0.766. The number of hydrogen-bond donors (Lipinski definition) is 1. The molecule has 2 aromatic carbocycles. The molecule has 3 aromatic heterocycles. The third-order valence-corrected chi connectivity index (χ3v) is 5.37. The summed E-state index contributed by atoms with van der Waals surface area (Å²) in [6.45, 7) is 2.58. The Balaban J connectivity index is 1.36. The summed E-state index contributed by atoms with van der Waals surface area (Å²) >= 11 is 0. The maximum atomic E-state index is 9.80. The van der Waals surface area contributed by atoms with Gasteiger partial charge < -0.3 is 9.84 Å². The molecule has 0 spiro atoms. The molecule has 0 unspecified atom stereocenters. The standard InChI is InChI=1S/C27H24N4O2/c1-19(32)16-31-17-25(20-12-14-28-15-13-20)27(30-31)22-7-10-24(11-8-22)33-18-23-9-6-21-4-2-3-5-26(21)29-23/h2-15,17,19,32H,16,18H2,1H3/t19-/m0/s1. The van der Waals surface area contributed by atoms with Crippen molar-refractivity contribution in [1.82, 2.24) is 19.7 Å². The molecule has 0 aliphatic heterocycles.